The Hall–Kier alpha value is -2.17. The lowest BCUT2D eigenvalue weighted by molar-refractivity contribution is -0.274. The Labute approximate surface area is 120 Å². The highest BCUT2D eigenvalue weighted by atomic mass is 19.4. The smallest absolute Gasteiger partial charge is 0.406 e. The van der Waals surface area contributed by atoms with Crippen LogP contribution in [0.2, 0.25) is 0 Å². The van der Waals surface area contributed by atoms with Gasteiger partial charge in [0.25, 0.3) is 0 Å². The summed E-state index contributed by atoms with van der Waals surface area (Å²) in [6.07, 6.45) is -3.81. The third-order valence-electron chi connectivity index (χ3n) is 3.48. The Morgan fingerprint density at radius 3 is 2.81 bits per heavy atom. The van der Waals surface area contributed by atoms with Gasteiger partial charge < -0.3 is 9.64 Å². The van der Waals surface area contributed by atoms with E-state index in [1.807, 2.05) is 23.1 Å². The highest BCUT2D eigenvalue weighted by Gasteiger charge is 2.31. The lowest BCUT2D eigenvalue weighted by Gasteiger charge is -2.30. The van der Waals surface area contributed by atoms with Crippen LogP contribution >= 0.6 is 0 Å². The average molecular weight is 292 g/mol. The van der Waals surface area contributed by atoms with E-state index in [0.717, 1.165) is 18.7 Å². The second kappa shape index (κ2) is 5.31. The molecule has 0 fully saturated rings. The number of nitrogens with zero attached hydrogens (tertiary/aromatic N) is 1. The van der Waals surface area contributed by atoms with Gasteiger partial charge in [-0.05, 0) is 35.7 Å². The molecule has 1 aliphatic heterocycles. The highest BCUT2D eigenvalue weighted by Crippen LogP contribution is 2.29. The maximum Gasteiger partial charge on any atom is 0.573 e. The van der Waals surface area contributed by atoms with Gasteiger partial charge in [-0.1, -0.05) is 24.3 Å². The van der Waals surface area contributed by atoms with Gasteiger partial charge in [-0.25, -0.2) is 0 Å². The Balaban J connectivity index is 1.81. The molecule has 3 rings (SSSR count). The molecule has 2 nitrogen and oxygen atoms in total. The fraction of sp³-hybridized carbons (Fsp3) is 0.250. The van der Waals surface area contributed by atoms with E-state index in [-0.39, 0.29) is 5.75 Å². The molecule has 0 N–H and O–H groups in total. The molecule has 0 amide bonds. The number of benzene rings is 2. The van der Waals surface area contributed by atoms with Gasteiger partial charge in [0.05, 0.1) is 0 Å². The monoisotopic (exact) mass is 292 g/mol. The molecule has 0 aliphatic carbocycles. The minimum absolute atomic E-state index is 0.188. The molecular formula is C16H13F3NO. The van der Waals surface area contributed by atoms with Crippen molar-refractivity contribution in [2.45, 2.75) is 19.3 Å². The SMILES string of the molecule is FC(F)(F)Oc1cccc(N2CCc3c[c]ccc3C2)c1. The van der Waals surface area contributed by atoms with E-state index in [2.05, 4.69) is 10.8 Å². The van der Waals surface area contributed by atoms with Crippen LogP contribution in [-0.4, -0.2) is 12.9 Å². The molecule has 0 unspecified atom stereocenters. The van der Waals surface area contributed by atoms with E-state index in [4.69, 9.17) is 0 Å². The first-order chi connectivity index (χ1) is 10.0. The molecule has 0 saturated carbocycles. The Morgan fingerprint density at radius 2 is 2.00 bits per heavy atom. The molecule has 0 saturated heterocycles. The van der Waals surface area contributed by atoms with Crippen molar-refractivity contribution >= 4 is 5.69 Å². The molecule has 0 spiro atoms. The summed E-state index contributed by atoms with van der Waals surface area (Å²) in [6.45, 7) is 1.44. The standard InChI is InChI=1S/C16H13F3NO/c17-16(18,19)21-15-7-3-6-14(10-15)20-9-8-12-4-1-2-5-13(12)11-20/h2-7,10H,8-9,11H2. The maximum atomic E-state index is 12.3. The minimum atomic E-state index is -4.66. The summed E-state index contributed by atoms with van der Waals surface area (Å²) in [5.41, 5.74) is 3.16. The van der Waals surface area contributed by atoms with Gasteiger partial charge in [0.2, 0.25) is 0 Å². The predicted molar refractivity (Wildman–Crippen MR) is 73.2 cm³/mol. The zero-order chi connectivity index (χ0) is 14.9. The van der Waals surface area contributed by atoms with Crippen LogP contribution in [0.25, 0.3) is 0 Å². The molecule has 2 aromatic rings. The van der Waals surface area contributed by atoms with E-state index in [0.29, 0.717) is 6.54 Å². The Bertz CT molecular complexity index is 639. The second-order valence-corrected chi connectivity index (χ2v) is 4.91. The van der Waals surface area contributed by atoms with Crippen LogP contribution in [-0.2, 0) is 13.0 Å². The predicted octanol–water partition coefficient (Wildman–Crippen LogP) is 3.95. The van der Waals surface area contributed by atoms with E-state index in [1.54, 1.807) is 12.1 Å². The molecular weight excluding hydrogens is 279 g/mol. The van der Waals surface area contributed by atoms with Gasteiger partial charge in [-0.15, -0.1) is 13.2 Å². The van der Waals surface area contributed by atoms with Crippen molar-refractivity contribution in [1.82, 2.24) is 0 Å². The van der Waals surface area contributed by atoms with Gasteiger partial charge in [0.15, 0.2) is 0 Å². The summed E-state index contributed by atoms with van der Waals surface area (Å²) >= 11 is 0. The van der Waals surface area contributed by atoms with Gasteiger partial charge in [0.1, 0.15) is 5.75 Å². The lowest BCUT2D eigenvalue weighted by Crippen LogP contribution is -2.30. The summed E-state index contributed by atoms with van der Waals surface area (Å²) < 4.78 is 40.8. The fourth-order valence-corrected chi connectivity index (χ4v) is 2.52. The van der Waals surface area contributed by atoms with Crippen molar-refractivity contribution in [3.8, 4) is 5.75 Å². The first kappa shape index (κ1) is 13.8. The number of alkyl halides is 3. The number of hydrogen-bond donors (Lipinski definition) is 0. The molecule has 0 aromatic heterocycles. The zero-order valence-electron chi connectivity index (χ0n) is 11.2. The Kier molecular flexibility index (Phi) is 3.49. The van der Waals surface area contributed by atoms with Crippen LogP contribution in [0, 0.1) is 6.07 Å². The van der Waals surface area contributed by atoms with E-state index >= 15 is 0 Å². The van der Waals surface area contributed by atoms with Crippen molar-refractivity contribution in [2.75, 3.05) is 11.4 Å². The molecule has 1 heterocycles. The number of hydrogen-bond acceptors (Lipinski definition) is 2. The number of fused-ring (bicyclic) bond motifs is 1. The van der Waals surface area contributed by atoms with E-state index < -0.39 is 6.36 Å². The molecule has 5 heteroatoms. The highest BCUT2D eigenvalue weighted by molar-refractivity contribution is 5.53. The van der Waals surface area contributed by atoms with Crippen LogP contribution in [0.1, 0.15) is 11.1 Å². The van der Waals surface area contributed by atoms with Crippen LogP contribution in [0.4, 0.5) is 18.9 Å². The summed E-state index contributed by atoms with van der Waals surface area (Å²) in [5, 5.41) is 0. The van der Waals surface area contributed by atoms with Crippen LogP contribution in [0.5, 0.6) is 5.75 Å². The number of anilines is 1. The summed E-state index contributed by atoms with van der Waals surface area (Å²) in [7, 11) is 0. The lowest BCUT2D eigenvalue weighted by atomic mass is 9.99. The fourth-order valence-electron chi connectivity index (χ4n) is 2.52. The molecule has 21 heavy (non-hydrogen) atoms. The van der Waals surface area contributed by atoms with Crippen LogP contribution in [0.3, 0.4) is 0 Å². The quantitative estimate of drug-likeness (QED) is 0.831. The first-order valence-corrected chi connectivity index (χ1v) is 6.60. The summed E-state index contributed by atoms with van der Waals surface area (Å²) in [6, 6.07) is 15.0. The van der Waals surface area contributed by atoms with Crippen LogP contribution in [0.15, 0.2) is 42.5 Å². The largest absolute Gasteiger partial charge is 0.573 e. The normalized spacial score (nSPS) is 14.7. The summed E-state index contributed by atoms with van der Waals surface area (Å²) in [5.74, 6) is -0.188. The Morgan fingerprint density at radius 1 is 1.14 bits per heavy atom. The number of halogens is 3. The summed E-state index contributed by atoms with van der Waals surface area (Å²) in [4.78, 5) is 2.05. The zero-order valence-corrected chi connectivity index (χ0v) is 11.2. The van der Waals surface area contributed by atoms with Crippen molar-refractivity contribution < 1.29 is 17.9 Å². The average Bonchev–Trinajstić information content (AvgIpc) is 2.45. The molecule has 0 bridgehead atoms. The molecule has 2 aromatic carbocycles. The molecule has 0 atom stereocenters. The van der Waals surface area contributed by atoms with Crippen LogP contribution < -0.4 is 9.64 Å². The molecule has 1 radical (unpaired) electrons. The van der Waals surface area contributed by atoms with E-state index in [1.165, 1.54) is 23.3 Å². The van der Waals surface area contributed by atoms with Crippen molar-refractivity contribution in [2.24, 2.45) is 0 Å². The van der Waals surface area contributed by atoms with Crippen molar-refractivity contribution in [3.05, 3.63) is 59.7 Å². The second-order valence-electron chi connectivity index (χ2n) is 4.91. The van der Waals surface area contributed by atoms with Gasteiger partial charge in [0, 0.05) is 24.8 Å². The molecule has 1 aliphatic rings. The topological polar surface area (TPSA) is 12.5 Å². The maximum absolute atomic E-state index is 12.3. The van der Waals surface area contributed by atoms with E-state index in [9.17, 15) is 13.2 Å². The number of rotatable bonds is 2. The van der Waals surface area contributed by atoms with Gasteiger partial charge in [-0.2, -0.15) is 0 Å². The van der Waals surface area contributed by atoms with Crippen molar-refractivity contribution in [1.29, 1.82) is 0 Å². The third-order valence-corrected chi connectivity index (χ3v) is 3.48. The first-order valence-electron chi connectivity index (χ1n) is 6.60. The molecule has 109 valence electrons. The third kappa shape index (κ3) is 3.29. The van der Waals surface area contributed by atoms with Gasteiger partial charge >= 0.3 is 6.36 Å². The minimum Gasteiger partial charge on any atom is -0.406 e. The number of ether oxygens (including phenoxy) is 1. The van der Waals surface area contributed by atoms with Gasteiger partial charge in [-0.3, -0.25) is 0 Å². The van der Waals surface area contributed by atoms with Crippen molar-refractivity contribution in [3.63, 3.8) is 0 Å².